The van der Waals surface area contributed by atoms with Gasteiger partial charge >= 0.3 is 0 Å². The van der Waals surface area contributed by atoms with Crippen LogP contribution in [0.4, 0.5) is 0 Å². The zero-order valence-electron chi connectivity index (χ0n) is 7.79. The Kier molecular flexibility index (Phi) is 2.56. The quantitative estimate of drug-likeness (QED) is 0.746. The average molecular weight is 214 g/mol. The Hall–Kier alpha value is -0.870. The third-order valence-corrected chi connectivity index (χ3v) is 2.75. The first kappa shape index (κ1) is 9.68. The van der Waals surface area contributed by atoms with Gasteiger partial charge in [-0.1, -0.05) is 11.6 Å². The second-order valence-corrected chi connectivity index (χ2v) is 3.76. The summed E-state index contributed by atoms with van der Waals surface area (Å²) in [5.41, 5.74) is 5.81. The second kappa shape index (κ2) is 3.71. The monoisotopic (exact) mass is 213 g/mol. The van der Waals surface area contributed by atoms with Crippen molar-refractivity contribution in [1.29, 1.82) is 0 Å². The van der Waals surface area contributed by atoms with Crippen molar-refractivity contribution in [3.63, 3.8) is 0 Å². The molecule has 2 N–H and O–H groups in total. The fraction of sp³-hybridized carbons (Fsp3) is 0.556. The van der Waals surface area contributed by atoms with Gasteiger partial charge in [0.2, 0.25) is 0 Å². The number of aromatic nitrogens is 2. The van der Waals surface area contributed by atoms with E-state index in [-0.39, 0.29) is 12.3 Å². The van der Waals surface area contributed by atoms with Crippen molar-refractivity contribution in [2.45, 2.75) is 25.8 Å². The third-order valence-electron chi connectivity index (χ3n) is 2.49. The SMILES string of the molecule is NCC(=O)c1c(Cl)nc2n1CCCC2. The maximum absolute atomic E-state index is 11.5. The Balaban J connectivity index is 2.47. The van der Waals surface area contributed by atoms with Crippen LogP contribution in [0.2, 0.25) is 5.15 Å². The zero-order chi connectivity index (χ0) is 10.1. The standard InChI is InChI=1S/C9H12ClN3O/c10-9-8(6(14)5-11)13-4-2-1-3-7(13)12-9/h1-5,11H2. The van der Waals surface area contributed by atoms with Crippen LogP contribution in [-0.4, -0.2) is 21.9 Å². The first-order valence-corrected chi connectivity index (χ1v) is 5.10. The van der Waals surface area contributed by atoms with Gasteiger partial charge in [-0.2, -0.15) is 0 Å². The summed E-state index contributed by atoms with van der Waals surface area (Å²) in [6.45, 7) is 0.820. The number of Topliss-reactive ketones (excluding diaryl/α,β-unsaturated/α-hetero) is 1. The van der Waals surface area contributed by atoms with Crippen LogP contribution in [0.1, 0.15) is 29.2 Å². The van der Waals surface area contributed by atoms with Crippen molar-refractivity contribution in [2.24, 2.45) is 5.73 Å². The van der Waals surface area contributed by atoms with E-state index in [9.17, 15) is 4.79 Å². The van der Waals surface area contributed by atoms with Crippen LogP contribution in [-0.2, 0) is 13.0 Å². The summed E-state index contributed by atoms with van der Waals surface area (Å²) in [4.78, 5) is 15.7. The largest absolute Gasteiger partial charge is 0.324 e. The van der Waals surface area contributed by atoms with Gasteiger partial charge in [0.25, 0.3) is 0 Å². The smallest absolute Gasteiger partial charge is 0.195 e. The van der Waals surface area contributed by atoms with Crippen molar-refractivity contribution in [3.05, 3.63) is 16.7 Å². The Morgan fingerprint density at radius 2 is 2.36 bits per heavy atom. The van der Waals surface area contributed by atoms with Gasteiger partial charge in [0.1, 0.15) is 11.5 Å². The molecular formula is C9H12ClN3O. The fourth-order valence-electron chi connectivity index (χ4n) is 1.81. The normalized spacial score (nSPS) is 15.3. The topological polar surface area (TPSA) is 60.9 Å². The lowest BCUT2D eigenvalue weighted by Gasteiger charge is -2.15. The summed E-state index contributed by atoms with van der Waals surface area (Å²) < 4.78 is 1.90. The molecule has 0 radical (unpaired) electrons. The number of hydrogen-bond donors (Lipinski definition) is 1. The predicted molar refractivity (Wildman–Crippen MR) is 53.6 cm³/mol. The Labute approximate surface area is 87.1 Å². The molecule has 76 valence electrons. The average Bonchev–Trinajstić information content (AvgIpc) is 2.53. The molecule has 1 aromatic heterocycles. The van der Waals surface area contributed by atoms with Crippen molar-refractivity contribution in [3.8, 4) is 0 Å². The molecule has 0 aliphatic carbocycles. The van der Waals surface area contributed by atoms with Crippen LogP contribution in [0, 0.1) is 0 Å². The summed E-state index contributed by atoms with van der Waals surface area (Å²) in [6.07, 6.45) is 3.09. The minimum Gasteiger partial charge on any atom is -0.324 e. The fourth-order valence-corrected chi connectivity index (χ4v) is 2.12. The molecule has 4 nitrogen and oxygen atoms in total. The number of imidazole rings is 1. The number of hydrogen-bond acceptors (Lipinski definition) is 3. The molecule has 0 bridgehead atoms. The number of carbonyl (C=O) groups excluding carboxylic acids is 1. The second-order valence-electron chi connectivity index (χ2n) is 3.40. The van der Waals surface area contributed by atoms with Gasteiger partial charge in [0.15, 0.2) is 10.9 Å². The van der Waals surface area contributed by atoms with Crippen molar-refractivity contribution >= 4 is 17.4 Å². The van der Waals surface area contributed by atoms with Crippen molar-refractivity contribution in [2.75, 3.05) is 6.54 Å². The van der Waals surface area contributed by atoms with E-state index < -0.39 is 0 Å². The number of rotatable bonds is 2. The van der Waals surface area contributed by atoms with Crippen LogP contribution in [0.5, 0.6) is 0 Å². The summed E-state index contributed by atoms with van der Waals surface area (Å²) in [7, 11) is 0. The minimum absolute atomic E-state index is 0.00907. The minimum atomic E-state index is -0.129. The van der Waals surface area contributed by atoms with Gasteiger partial charge in [-0.25, -0.2) is 4.98 Å². The zero-order valence-corrected chi connectivity index (χ0v) is 8.55. The van der Waals surface area contributed by atoms with E-state index in [1.54, 1.807) is 0 Å². The van der Waals surface area contributed by atoms with Gasteiger partial charge in [0, 0.05) is 13.0 Å². The van der Waals surface area contributed by atoms with E-state index in [2.05, 4.69) is 4.98 Å². The van der Waals surface area contributed by atoms with Crippen LogP contribution in [0.15, 0.2) is 0 Å². The summed E-state index contributed by atoms with van der Waals surface area (Å²) in [5, 5.41) is 0.303. The third kappa shape index (κ3) is 1.44. The molecular weight excluding hydrogens is 202 g/mol. The van der Waals surface area contributed by atoms with E-state index in [1.165, 1.54) is 0 Å². The molecule has 0 fully saturated rings. The maximum Gasteiger partial charge on any atom is 0.195 e. The summed E-state index contributed by atoms with van der Waals surface area (Å²) in [5.74, 6) is 0.786. The van der Waals surface area contributed by atoms with Gasteiger partial charge in [-0.15, -0.1) is 0 Å². The molecule has 2 rings (SSSR count). The van der Waals surface area contributed by atoms with E-state index in [0.29, 0.717) is 10.8 Å². The van der Waals surface area contributed by atoms with E-state index in [4.69, 9.17) is 17.3 Å². The molecule has 0 atom stereocenters. The molecule has 14 heavy (non-hydrogen) atoms. The number of nitrogens with zero attached hydrogens (tertiary/aromatic N) is 2. The predicted octanol–water partition coefficient (Wildman–Crippen LogP) is 1.01. The number of ketones is 1. The Morgan fingerprint density at radius 3 is 3.07 bits per heavy atom. The van der Waals surface area contributed by atoms with Gasteiger partial charge in [0.05, 0.1) is 6.54 Å². The number of halogens is 1. The molecule has 0 amide bonds. The maximum atomic E-state index is 11.5. The highest BCUT2D eigenvalue weighted by atomic mass is 35.5. The lowest BCUT2D eigenvalue weighted by atomic mass is 10.1. The highest BCUT2D eigenvalue weighted by Gasteiger charge is 2.22. The molecule has 5 heteroatoms. The molecule has 0 spiro atoms. The lowest BCUT2D eigenvalue weighted by molar-refractivity contribution is 0.0991. The Bertz CT molecular complexity index is 372. The summed E-state index contributed by atoms with van der Waals surface area (Å²) in [6, 6.07) is 0. The van der Waals surface area contributed by atoms with Crippen molar-refractivity contribution < 1.29 is 4.79 Å². The van der Waals surface area contributed by atoms with Crippen LogP contribution in [0.3, 0.4) is 0 Å². The van der Waals surface area contributed by atoms with Crippen molar-refractivity contribution in [1.82, 2.24) is 9.55 Å². The number of nitrogens with two attached hydrogens (primary N) is 1. The highest BCUT2D eigenvalue weighted by molar-refractivity contribution is 6.32. The number of aryl methyl sites for hydroxylation is 1. The molecule has 0 unspecified atom stereocenters. The molecule has 2 heterocycles. The summed E-state index contributed by atoms with van der Waals surface area (Å²) >= 11 is 5.90. The molecule has 1 aliphatic rings. The Morgan fingerprint density at radius 1 is 1.57 bits per heavy atom. The first-order chi connectivity index (χ1) is 6.74. The first-order valence-electron chi connectivity index (χ1n) is 4.72. The van der Waals surface area contributed by atoms with Gasteiger partial charge in [-0.05, 0) is 12.8 Å². The number of carbonyl (C=O) groups is 1. The number of fused-ring (bicyclic) bond motifs is 1. The molecule has 1 aromatic rings. The molecule has 0 aromatic carbocycles. The van der Waals surface area contributed by atoms with E-state index in [0.717, 1.165) is 31.6 Å². The highest BCUT2D eigenvalue weighted by Crippen LogP contribution is 2.23. The van der Waals surface area contributed by atoms with Crippen LogP contribution >= 0.6 is 11.6 Å². The van der Waals surface area contributed by atoms with Gasteiger partial charge in [-0.3, -0.25) is 4.79 Å². The molecule has 0 saturated carbocycles. The molecule has 1 aliphatic heterocycles. The van der Waals surface area contributed by atoms with Crippen LogP contribution < -0.4 is 5.73 Å². The van der Waals surface area contributed by atoms with E-state index >= 15 is 0 Å². The van der Waals surface area contributed by atoms with E-state index in [1.807, 2.05) is 4.57 Å². The van der Waals surface area contributed by atoms with Gasteiger partial charge < -0.3 is 10.3 Å². The lowest BCUT2D eigenvalue weighted by Crippen LogP contribution is -2.21. The van der Waals surface area contributed by atoms with Crippen LogP contribution in [0.25, 0.3) is 0 Å². The molecule has 0 saturated heterocycles.